The minimum absolute atomic E-state index is 0. The number of benzene rings is 2. The van der Waals surface area contributed by atoms with E-state index in [1.807, 2.05) is 0 Å². The molecular formula is C23H32ClNO. The molecule has 0 saturated carbocycles. The highest BCUT2D eigenvalue weighted by molar-refractivity contribution is 5.85. The first kappa shape index (κ1) is 22.4. The second-order valence-electron chi connectivity index (χ2n) is 6.74. The van der Waals surface area contributed by atoms with Crippen LogP contribution >= 0.6 is 12.4 Å². The summed E-state index contributed by atoms with van der Waals surface area (Å²) in [5.41, 5.74) is 3.30. The summed E-state index contributed by atoms with van der Waals surface area (Å²) in [5, 5.41) is 3.56. The Hall–Kier alpha value is -1.61. The van der Waals surface area contributed by atoms with Crippen LogP contribution in [-0.2, 0) is 10.3 Å². The van der Waals surface area contributed by atoms with Gasteiger partial charge in [-0.25, -0.2) is 0 Å². The Kier molecular flexibility index (Phi) is 9.64. The molecule has 142 valence electrons. The van der Waals surface area contributed by atoms with Gasteiger partial charge in [-0.3, -0.25) is 0 Å². The molecule has 0 aliphatic rings. The molecule has 2 aromatic carbocycles. The molecule has 0 saturated heterocycles. The Morgan fingerprint density at radius 1 is 1.00 bits per heavy atom. The van der Waals surface area contributed by atoms with E-state index in [2.05, 4.69) is 99.8 Å². The maximum atomic E-state index is 6.49. The van der Waals surface area contributed by atoms with E-state index in [9.17, 15) is 0 Å². The van der Waals surface area contributed by atoms with Crippen molar-refractivity contribution in [3.63, 3.8) is 0 Å². The van der Waals surface area contributed by atoms with Crippen LogP contribution in [0.25, 0.3) is 0 Å². The van der Waals surface area contributed by atoms with E-state index in [1.165, 1.54) is 16.7 Å². The van der Waals surface area contributed by atoms with Crippen LogP contribution in [0.2, 0.25) is 0 Å². The smallest absolute Gasteiger partial charge is 0.122 e. The van der Waals surface area contributed by atoms with Crippen molar-refractivity contribution in [3.8, 4) is 0 Å². The molecule has 1 atom stereocenters. The van der Waals surface area contributed by atoms with Crippen molar-refractivity contribution in [2.45, 2.75) is 33.3 Å². The summed E-state index contributed by atoms with van der Waals surface area (Å²) in [6.45, 7) is 11.0. The predicted molar refractivity (Wildman–Crippen MR) is 114 cm³/mol. The van der Waals surface area contributed by atoms with E-state index in [0.717, 1.165) is 13.1 Å². The molecule has 0 radical (unpaired) electrons. The lowest BCUT2D eigenvalue weighted by molar-refractivity contribution is -0.0505. The summed E-state index contributed by atoms with van der Waals surface area (Å²) >= 11 is 0. The third-order valence-corrected chi connectivity index (χ3v) is 4.58. The summed E-state index contributed by atoms with van der Waals surface area (Å²) < 4.78 is 6.49. The minimum atomic E-state index is -0.449. The van der Waals surface area contributed by atoms with Gasteiger partial charge in [-0.05, 0) is 31.9 Å². The molecule has 0 spiro atoms. The Bertz CT molecular complexity index is 611. The van der Waals surface area contributed by atoms with Gasteiger partial charge in [-0.15, -0.1) is 12.4 Å². The van der Waals surface area contributed by atoms with E-state index < -0.39 is 5.60 Å². The first-order chi connectivity index (χ1) is 12.1. The van der Waals surface area contributed by atoms with E-state index in [0.29, 0.717) is 6.61 Å². The predicted octanol–water partition coefficient (Wildman–Crippen LogP) is 5.58. The molecular weight excluding hydrogens is 342 g/mol. The highest BCUT2D eigenvalue weighted by atomic mass is 35.5. The van der Waals surface area contributed by atoms with Crippen LogP contribution in [0.15, 0.2) is 72.3 Å². The van der Waals surface area contributed by atoms with Gasteiger partial charge < -0.3 is 10.1 Å². The SMILES string of the molecule is CCOC(c1ccccc1)(c1ccccc1)C(C)CNCC=C(C)C.Cl. The molecule has 26 heavy (non-hydrogen) atoms. The van der Waals surface area contributed by atoms with Crippen LogP contribution in [0.5, 0.6) is 0 Å². The summed E-state index contributed by atoms with van der Waals surface area (Å²) in [6, 6.07) is 21.2. The molecule has 0 fully saturated rings. The second kappa shape index (κ2) is 11.2. The molecule has 0 aromatic heterocycles. The number of allylic oxidation sites excluding steroid dienone is 1. The zero-order valence-corrected chi connectivity index (χ0v) is 17.2. The third-order valence-electron chi connectivity index (χ3n) is 4.58. The van der Waals surface area contributed by atoms with Crippen LogP contribution in [0.1, 0.15) is 38.8 Å². The number of nitrogens with one attached hydrogen (secondary N) is 1. The number of ether oxygens (including phenoxy) is 1. The second-order valence-corrected chi connectivity index (χ2v) is 6.74. The van der Waals surface area contributed by atoms with Gasteiger partial charge in [0.1, 0.15) is 5.60 Å². The fourth-order valence-electron chi connectivity index (χ4n) is 3.36. The Morgan fingerprint density at radius 3 is 1.92 bits per heavy atom. The summed E-state index contributed by atoms with van der Waals surface area (Å²) in [5.74, 6) is 0.280. The fourth-order valence-corrected chi connectivity index (χ4v) is 3.36. The Labute approximate surface area is 165 Å². The number of halogens is 1. The topological polar surface area (TPSA) is 21.3 Å². The van der Waals surface area contributed by atoms with Gasteiger partial charge >= 0.3 is 0 Å². The van der Waals surface area contributed by atoms with Crippen LogP contribution in [0.4, 0.5) is 0 Å². The average Bonchev–Trinajstić information content (AvgIpc) is 2.64. The number of rotatable bonds is 9. The molecule has 0 aliphatic carbocycles. The largest absolute Gasteiger partial charge is 0.365 e. The van der Waals surface area contributed by atoms with Crippen molar-refractivity contribution in [3.05, 3.63) is 83.4 Å². The van der Waals surface area contributed by atoms with Crippen molar-refractivity contribution >= 4 is 12.4 Å². The summed E-state index contributed by atoms with van der Waals surface area (Å²) in [4.78, 5) is 0. The lowest BCUT2D eigenvalue weighted by Crippen LogP contribution is -2.43. The standard InChI is InChI=1S/C23H31NO.ClH/c1-5-25-23(21-12-8-6-9-13-21,22-14-10-7-11-15-22)20(4)18-24-17-16-19(2)3;/h6-16,20,24H,5,17-18H2,1-4H3;1H. The van der Waals surface area contributed by atoms with Gasteiger partial charge in [-0.2, -0.15) is 0 Å². The van der Waals surface area contributed by atoms with E-state index >= 15 is 0 Å². The first-order valence-electron chi connectivity index (χ1n) is 9.20. The highest BCUT2D eigenvalue weighted by Crippen LogP contribution is 2.40. The molecule has 2 nitrogen and oxygen atoms in total. The lowest BCUT2D eigenvalue weighted by atomic mass is 9.76. The molecule has 0 aliphatic heterocycles. The normalized spacial score (nSPS) is 12.2. The Balaban J connectivity index is 0.00000338. The number of hydrogen-bond acceptors (Lipinski definition) is 2. The fraction of sp³-hybridized carbons (Fsp3) is 0.391. The van der Waals surface area contributed by atoms with Crippen molar-refractivity contribution in [2.24, 2.45) is 5.92 Å². The molecule has 0 amide bonds. The van der Waals surface area contributed by atoms with Gasteiger partial charge in [0.2, 0.25) is 0 Å². The third kappa shape index (κ3) is 5.44. The maximum absolute atomic E-state index is 6.49. The van der Waals surface area contributed by atoms with Crippen LogP contribution in [0.3, 0.4) is 0 Å². The van der Waals surface area contributed by atoms with Crippen LogP contribution in [-0.4, -0.2) is 19.7 Å². The Morgan fingerprint density at radius 2 is 1.50 bits per heavy atom. The van der Waals surface area contributed by atoms with Gasteiger partial charge in [0.25, 0.3) is 0 Å². The van der Waals surface area contributed by atoms with Crippen molar-refractivity contribution < 1.29 is 4.74 Å². The molecule has 2 aromatic rings. The van der Waals surface area contributed by atoms with E-state index in [4.69, 9.17) is 4.74 Å². The average molecular weight is 374 g/mol. The summed E-state index contributed by atoms with van der Waals surface area (Å²) in [6.07, 6.45) is 2.22. The molecule has 0 heterocycles. The van der Waals surface area contributed by atoms with E-state index in [1.54, 1.807) is 0 Å². The monoisotopic (exact) mass is 373 g/mol. The van der Waals surface area contributed by atoms with E-state index in [-0.39, 0.29) is 18.3 Å². The molecule has 1 unspecified atom stereocenters. The molecule has 0 bridgehead atoms. The zero-order chi connectivity index (χ0) is 18.1. The molecule has 1 N–H and O–H groups in total. The van der Waals surface area contributed by atoms with Gasteiger partial charge in [0.15, 0.2) is 0 Å². The summed E-state index contributed by atoms with van der Waals surface area (Å²) in [7, 11) is 0. The zero-order valence-electron chi connectivity index (χ0n) is 16.4. The van der Waals surface area contributed by atoms with Crippen LogP contribution < -0.4 is 5.32 Å². The van der Waals surface area contributed by atoms with Crippen LogP contribution in [0, 0.1) is 5.92 Å². The molecule has 2 rings (SSSR count). The quantitative estimate of drug-likeness (QED) is 0.457. The van der Waals surface area contributed by atoms with Gasteiger partial charge in [0, 0.05) is 25.6 Å². The minimum Gasteiger partial charge on any atom is -0.365 e. The van der Waals surface area contributed by atoms with Gasteiger partial charge in [0.05, 0.1) is 0 Å². The van der Waals surface area contributed by atoms with Crippen molar-refractivity contribution in [2.75, 3.05) is 19.7 Å². The first-order valence-corrected chi connectivity index (χ1v) is 9.20. The van der Waals surface area contributed by atoms with Crippen molar-refractivity contribution in [1.29, 1.82) is 0 Å². The maximum Gasteiger partial charge on any atom is 0.122 e. The van der Waals surface area contributed by atoms with Crippen molar-refractivity contribution in [1.82, 2.24) is 5.32 Å². The number of hydrogen-bond donors (Lipinski definition) is 1. The lowest BCUT2D eigenvalue weighted by Gasteiger charge is -2.40. The highest BCUT2D eigenvalue weighted by Gasteiger charge is 2.40. The molecule has 3 heteroatoms. The van der Waals surface area contributed by atoms with Gasteiger partial charge in [-0.1, -0.05) is 79.2 Å².